The fourth-order valence-electron chi connectivity index (χ4n) is 0.760. The molecule has 14 heavy (non-hydrogen) atoms. The molecule has 0 radical (unpaired) electrons. The summed E-state index contributed by atoms with van der Waals surface area (Å²) in [6.07, 6.45) is -6.53. The van der Waals surface area contributed by atoms with Crippen molar-refractivity contribution in [3.63, 3.8) is 0 Å². The van der Waals surface area contributed by atoms with E-state index in [4.69, 9.17) is 9.84 Å². The maximum absolute atomic E-state index is 11.7. The standard InChI is InChI=1S/C9H17F3O2/c1-8(2,3)14-6-7(13)4-5-9(10,11)12/h7,13H,4-6H2,1-3H3. The topological polar surface area (TPSA) is 29.5 Å². The van der Waals surface area contributed by atoms with E-state index in [1.54, 1.807) is 20.8 Å². The molecular weight excluding hydrogens is 197 g/mol. The lowest BCUT2D eigenvalue weighted by Gasteiger charge is -2.22. The van der Waals surface area contributed by atoms with Crippen LogP contribution in [0.25, 0.3) is 0 Å². The summed E-state index contributed by atoms with van der Waals surface area (Å²) in [6, 6.07) is 0. The Morgan fingerprint density at radius 3 is 2.07 bits per heavy atom. The summed E-state index contributed by atoms with van der Waals surface area (Å²) in [6.45, 7) is 5.29. The first-order valence-electron chi connectivity index (χ1n) is 4.49. The van der Waals surface area contributed by atoms with Crippen LogP contribution in [-0.2, 0) is 4.74 Å². The first-order valence-corrected chi connectivity index (χ1v) is 4.49. The zero-order valence-electron chi connectivity index (χ0n) is 8.69. The summed E-state index contributed by atoms with van der Waals surface area (Å²) in [5.41, 5.74) is -0.431. The van der Waals surface area contributed by atoms with Crippen molar-refractivity contribution in [1.29, 1.82) is 0 Å². The minimum absolute atomic E-state index is 0.0560. The molecule has 0 saturated heterocycles. The lowest BCUT2D eigenvalue weighted by molar-refractivity contribution is -0.143. The van der Waals surface area contributed by atoms with Gasteiger partial charge in [0, 0.05) is 6.42 Å². The summed E-state index contributed by atoms with van der Waals surface area (Å²) in [7, 11) is 0. The fourth-order valence-corrected chi connectivity index (χ4v) is 0.760. The summed E-state index contributed by atoms with van der Waals surface area (Å²) in [5, 5.41) is 9.15. The quantitative estimate of drug-likeness (QED) is 0.779. The zero-order valence-corrected chi connectivity index (χ0v) is 8.69. The van der Waals surface area contributed by atoms with Crippen LogP contribution in [0.1, 0.15) is 33.6 Å². The Balaban J connectivity index is 3.62. The highest BCUT2D eigenvalue weighted by atomic mass is 19.4. The van der Waals surface area contributed by atoms with Crippen molar-refractivity contribution in [2.24, 2.45) is 0 Å². The van der Waals surface area contributed by atoms with E-state index in [9.17, 15) is 13.2 Å². The molecule has 0 bridgehead atoms. The van der Waals surface area contributed by atoms with Gasteiger partial charge in [0.15, 0.2) is 0 Å². The third kappa shape index (κ3) is 9.80. The van der Waals surface area contributed by atoms with Gasteiger partial charge in [-0.05, 0) is 27.2 Å². The molecule has 0 saturated carbocycles. The highest BCUT2D eigenvalue weighted by Gasteiger charge is 2.28. The van der Waals surface area contributed by atoms with Crippen molar-refractivity contribution in [3.8, 4) is 0 Å². The number of hydrogen-bond acceptors (Lipinski definition) is 2. The summed E-state index contributed by atoms with van der Waals surface area (Å²) in [5.74, 6) is 0. The number of halogens is 3. The van der Waals surface area contributed by atoms with Crippen molar-refractivity contribution in [3.05, 3.63) is 0 Å². The average Bonchev–Trinajstić information content (AvgIpc) is 1.94. The Morgan fingerprint density at radius 1 is 1.21 bits per heavy atom. The largest absolute Gasteiger partial charge is 0.391 e. The second-order valence-corrected chi connectivity index (χ2v) is 4.23. The van der Waals surface area contributed by atoms with Crippen LogP contribution in [0.4, 0.5) is 13.2 Å². The molecule has 0 aromatic rings. The molecule has 0 spiro atoms. The first kappa shape index (κ1) is 13.7. The van der Waals surface area contributed by atoms with E-state index < -0.39 is 24.3 Å². The molecule has 5 heteroatoms. The van der Waals surface area contributed by atoms with Gasteiger partial charge in [-0.1, -0.05) is 0 Å². The molecule has 1 unspecified atom stereocenters. The molecule has 0 aliphatic heterocycles. The van der Waals surface area contributed by atoms with Crippen molar-refractivity contribution in [2.45, 2.75) is 51.5 Å². The Morgan fingerprint density at radius 2 is 1.71 bits per heavy atom. The molecule has 0 aromatic heterocycles. The maximum Gasteiger partial charge on any atom is 0.389 e. The van der Waals surface area contributed by atoms with Crippen molar-refractivity contribution >= 4 is 0 Å². The van der Waals surface area contributed by atoms with Crippen LogP contribution in [0.2, 0.25) is 0 Å². The predicted molar refractivity (Wildman–Crippen MR) is 47.0 cm³/mol. The molecule has 0 heterocycles. The number of aliphatic hydroxyl groups is 1. The number of alkyl halides is 3. The SMILES string of the molecule is CC(C)(C)OCC(O)CCC(F)(F)F. The molecule has 0 aliphatic rings. The third-order valence-corrected chi connectivity index (χ3v) is 1.47. The van der Waals surface area contributed by atoms with E-state index >= 15 is 0 Å². The number of aliphatic hydroxyl groups excluding tert-OH is 1. The van der Waals surface area contributed by atoms with Crippen LogP contribution in [0.3, 0.4) is 0 Å². The van der Waals surface area contributed by atoms with E-state index in [1.807, 2.05) is 0 Å². The van der Waals surface area contributed by atoms with E-state index in [-0.39, 0.29) is 13.0 Å². The summed E-state index contributed by atoms with van der Waals surface area (Å²) >= 11 is 0. The van der Waals surface area contributed by atoms with Crippen LogP contribution in [-0.4, -0.2) is 29.6 Å². The Kier molecular flexibility index (Phi) is 4.88. The van der Waals surface area contributed by atoms with Gasteiger partial charge in [0.05, 0.1) is 18.3 Å². The predicted octanol–water partition coefficient (Wildman–Crippen LogP) is 2.50. The first-order chi connectivity index (χ1) is 6.10. The van der Waals surface area contributed by atoms with Gasteiger partial charge in [-0.2, -0.15) is 13.2 Å². The molecule has 86 valence electrons. The number of ether oxygens (including phenoxy) is 1. The second kappa shape index (κ2) is 4.98. The van der Waals surface area contributed by atoms with E-state index in [1.165, 1.54) is 0 Å². The summed E-state index contributed by atoms with van der Waals surface area (Å²) < 4.78 is 40.4. The maximum atomic E-state index is 11.7. The van der Waals surface area contributed by atoms with E-state index in [0.29, 0.717) is 0 Å². The van der Waals surface area contributed by atoms with Gasteiger partial charge >= 0.3 is 6.18 Å². The molecule has 0 amide bonds. The molecule has 0 aromatic carbocycles. The van der Waals surface area contributed by atoms with Gasteiger partial charge in [-0.3, -0.25) is 0 Å². The Labute approximate surface area is 82.1 Å². The third-order valence-electron chi connectivity index (χ3n) is 1.47. The Bertz CT molecular complexity index is 142. The van der Waals surface area contributed by atoms with Crippen LogP contribution in [0, 0.1) is 0 Å². The monoisotopic (exact) mass is 214 g/mol. The average molecular weight is 214 g/mol. The molecule has 2 nitrogen and oxygen atoms in total. The molecule has 0 rings (SSSR count). The second-order valence-electron chi connectivity index (χ2n) is 4.23. The van der Waals surface area contributed by atoms with Gasteiger partial charge in [-0.25, -0.2) is 0 Å². The van der Waals surface area contributed by atoms with Crippen LogP contribution in [0.5, 0.6) is 0 Å². The molecule has 0 aliphatic carbocycles. The molecule has 0 fully saturated rings. The van der Waals surface area contributed by atoms with Gasteiger partial charge in [0.2, 0.25) is 0 Å². The van der Waals surface area contributed by atoms with Gasteiger partial charge < -0.3 is 9.84 Å². The lowest BCUT2D eigenvalue weighted by Crippen LogP contribution is -2.27. The lowest BCUT2D eigenvalue weighted by atomic mass is 10.1. The number of hydrogen-bond donors (Lipinski definition) is 1. The minimum atomic E-state index is -4.21. The van der Waals surface area contributed by atoms with E-state index in [0.717, 1.165) is 0 Å². The van der Waals surface area contributed by atoms with E-state index in [2.05, 4.69) is 0 Å². The normalized spacial score (nSPS) is 15.6. The fraction of sp³-hybridized carbons (Fsp3) is 1.00. The Hall–Kier alpha value is -0.290. The van der Waals surface area contributed by atoms with Crippen LogP contribution < -0.4 is 0 Å². The van der Waals surface area contributed by atoms with Gasteiger partial charge in [-0.15, -0.1) is 0 Å². The zero-order chi connectivity index (χ0) is 11.4. The van der Waals surface area contributed by atoms with Gasteiger partial charge in [0.1, 0.15) is 0 Å². The van der Waals surface area contributed by atoms with Crippen LogP contribution >= 0.6 is 0 Å². The smallest absolute Gasteiger partial charge is 0.389 e. The highest BCUT2D eigenvalue weighted by molar-refractivity contribution is 4.63. The molecule has 1 N–H and O–H groups in total. The van der Waals surface area contributed by atoms with Crippen LogP contribution in [0.15, 0.2) is 0 Å². The van der Waals surface area contributed by atoms with Crippen molar-refractivity contribution in [1.82, 2.24) is 0 Å². The van der Waals surface area contributed by atoms with Gasteiger partial charge in [0.25, 0.3) is 0 Å². The van der Waals surface area contributed by atoms with Crippen molar-refractivity contribution in [2.75, 3.05) is 6.61 Å². The molecular formula is C9H17F3O2. The summed E-state index contributed by atoms with van der Waals surface area (Å²) in [4.78, 5) is 0. The molecule has 1 atom stereocenters. The minimum Gasteiger partial charge on any atom is -0.391 e. The highest BCUT2D eigenvalue weighted by Crippen LogP contribution is 2.22. The number of rotatable bonds is 4. The van der Waals surface area contributed by atoms with Crippen molar-refractivity contribution < 1.29 is 23.0 Å².